The molecule has 0 radical (unpaired) electrons. The minimum Gasteiger partial charge on any atom is -0.618 e. The molecule has 6 heteroatoms. The van der Waals surface area contributed by atoms with Crippen LogP contribution in [-0.2, 0) is 5.75 Å². The van der Waals surface area contributed by atoms with Gasteiger partial charge in [-0.15, -0.1) is 0 Å². The van der Waals surface area contributed by atoms with E-state index in [1.54, 1.807) is 30.3 Å². The lowest BCUT2D eigenvalue weighted by Crippen LogP contribution is -2.28. The van der Waals surface area contributed by atoms with E-state index in [0.717, 1.165) is 10.3 Å². The second kappa shape index (κ2) is 6.02. The maximum Gasteiger partial charge on any atom is 0.251 e. The van der Waals surface area contributed by atoms with Crippen molar-refractivity contribution in [1.29, 1.82) is 0 Å². The number of hydrogen-bond donors (Lipinski definition) is 0. The van der Waals surface area contributed by atoms with E-state index >= 15 is 0 Å². The number of pyridine rings is 1. The molecule has 0 amide bonds. The number of thioether (sulfide) groups is 1. The lowest BCUT2D eigenvalue weighted by atomic mass is 10.2. The monoisotopic (exact) mass is 319 g/mol. The van der Waals surface area contributed by atoms with E-state index in [4.69, 9.17) is 34.8 Å². The summed E-state index contributed by atoms with van der Waals surface area (Å²) in [6.07, 6.45) is 1.32. The molecule has 0 unspecified atom stereocenters. The predicted octanol–water partition coefficient (Wildman–Crippen LogP) is 4.57. The van der Waals surface area contributed by atoms with Crippen molar-refractivity contribution in [1.82, 2.24) is 0 Å². The molecule has 0 atom stereocenters. The van der Waals surface area contributed by atoms with E-state index < -0.39 is 0 Å². The van der Waals surface area contributed by atoms with E-state index in [9.17, 15) is 5.21 Å². The van der Waals surface area contributed by atoms with E-state index in [2.05, 4.69) is 0 Å². The Morgan fingerprint density at radius 2 is 1.72 bits per heavy atom. The smallest absolute Gasteiger partial charge is 0.251 e. The molecule has 2 aromatic rings. The van der Waals surface area contributed by atoms with Gasteiger partial charge in [0.1, 0.15) is 5.02 Å². The summed E-state index contributed by atoms with van der Waals surface area (Å²) in [7, 11) is 0. The molecule has 0 fully saturated rings. The van der Waals surface area contributed by atoms with Gasteiger partial charge in [0, 0.05) is 21.9 Å². The molecule has 1 aromatic carbocycles. The van der Waals surface area contributed by atoms with Gasteiger partial charge in [-0.2, -0.15) is 4.73 Å². The highest BCUT2D eigenvalue weighted by Gasteiger charge is 2.11. The standard InChI is InChI=1S/C12H8Cl3NOS/c13-8-4-5-12(16(17)6-8)18-7-9-10(14)2-1-3-11(9)15/h1-6H,7H2. The average Bonchev–Trinajstić information content (AvgIpc) is 2.31. The molecule has 1 heterocycles. The van der Waals surface area contributed by atoms with E-state index in [-0.39, 0.29) is 0 Å². The third-order valence-electron chi connectivity index (χ3n) is 2.27. The summed E-state index contributed by atoms with van der Waals surface area (Å²) in [4.78, 5) is 0. The molecule has 0 bridgehead atoms. The van der Waals surface area contributed by atoms with Gasteiger partial charge in [-0.1, -0.05) is 52.6 Å². The van der Waals surface area contributed by atoms with Crippen LogP contribution >= 0.6 is 46.6 Å². The van der Waals surface area contributed by atoms with Gasteiger partial charge in [0.05, 0.1) is 0 Å². The Labute approximate surface area is 124 Å². The normalized spacial score (nSPS) is 10.6. The number of hydrogen-bond acceptors (Lipinski definition) is 2. The highest BCUT2D eigenvalue weighted by molar-refractivity contribution is 7.98. The summed E-state index contributed by atoms with van der Waals surface area (Å²) < 4.78 is 0.734. The molecule has 0 saturated heterocycles. The zero-order chi connectivity index (χ0) is 13.1. The third-order valence-corrected chi connectivity index (χ3v) is 4.25. The van der Waals surface area contributed by atoms with Crippen LogP contribution in [0.1, 0.15) is 5.56 Å². The van der Waals surface area contributed by atoms with Crippen molar-refractivity contribution in [2.45, 2.75) is 10.8 Å². The van der Waals surface area contributed by atoms with Crippen LogP contribution in [0.4, 0.5) is 0 Å². The van der Waals surface area contributed by atoms with Crippen LogP contribution in [0.15, 0.2) is 41.6 Å². The van der Waals surface area contributed by atoms with Gasteiger partial charge in [0.25, 0.3) is 5.03 Å². The third kappa shape index (κ3) is 3.23. The maximum atomic E-state index is 11.6. The first-order chi connectivity index (χ1) is 8.58. The fraction of sp³-hybridized carbons (Fsp3) is 0.0833. The van der Waals surface area contributed by atoms with Crippen molar-refractivity contribution in [3.8, 4) is 0 Å². The maximum absolute atomic E-state index is 11.6. The summed E-state index contributed by atoms with van der Waals surface area (Å²) in [5, 5.41) is 13.7. The number of halogens is 3. The Bertz CT molecular complexity index is 557. The summed E-state index contributed by atoms with van der Waals surface area (Å²) >= 11 is 19.2. The quantitative estimate of drug-likeness (QED) is 0.470. The summed E-state index contributed by atoms with van der Waals surface area (Å²) in [6, 6.07) is 8.68. The summed E-state index contributed by atoms with van der Waals surface area (Å²) in [6.45, 7) is 0. The van der Waals surface area contributed by atoms with Crippen molar-refractivity contribution in [3.63, 3.8) is 0 Å². The molecular weight excluding hydrogens is 313 g/mol. The molecule has 0 aliphatic heterocycles. The highest BCUT2D eigenvalue weighted by atomic mass is 35.5. The second-order valence-electron chi connectivity index (χ2n) is 3.50. The fourth-order valence-corrected chi connectivity index (χ4v) is 3.16. The molecule has 0 saturated carbocycles. The largest absolute Gasteiger partial charge is 0.618 e. The Morgan fingerprint density at radius 1 is 1.06 bits per heavy atom. The Hall–Kier alpha value is -0.610. The van der Waals surface area contributed by atoms with Crippen molar-refractivity contribution >= 4 is 46.6 Å². The van der Waals surface area contributed by atoms with Crippen LogP contribution in [0.5, 0.6) is 0 Å². The van der Waals surface area contributed by atoms with Gasteiger partial charge in [-0.3, -0.25) is 0 Å². The van der Waals surface area contributed by atoms with E-state index in [0.29, 0.717) is 25.8 Å². The highest BCUT2D eigenvalue weighted by Crippen LogP contribution is 2.30. The molecule has 18 heavy (non-hydrogen) atoms. The number of nitrogens with zero attached hydrogens (tertiary/aromatic N) is 1. The Morgan fingerprint density at radius 3 is 2.33 bits per heavy atom. The van der Waals surface area contributed by atoms with Crippen LogP contribution in [0.2, 0.25) is 15.1 Å². The van der Waals surface area contributed by atoms with Crippen LogP contribution in [0, 0.1) is 5.21 Å². The molecule has 0 aliphatic carbocycles. The number of aromatic nitrogens is 1. The lowest BCUT2D eigenvalue weighted by Gasteiger charge is -2.07. The van der Waals surface area contributed by atoms with Gasteiger partial charge < -0.3 is 5.21 Å². The first-order valence-corrected chi connectivity index (χ1v) is 7.14. The first kappa shape index (κ1) is 13.8. The zero-order valence-corrected chi connectivity index (χ0v) is 12.2. The SMILES string of the molecule is [O-][n+]1cc(Cl)ccc1SCc1c(Cl)cccc1Cl. The first-order valence-electron chi connectivity index (χ1n) is 5.02. The van der Waals surface area contributed by atoms with Crippen molar-refractivity contribution in [3.05, 3.63) is 62.4 Å². The van der Waals surface area contributed by atoms with Gasteiger partial charge >= 0.3 is 0 Å². The fourth-order valence-electron chi connectivity index (χ4n) is 1.37. The number of rotatable bonds is 3. The van der Waals surface area contributed by atoms with Crippen molar-refractivity contribution in [2.75, 3.05) is 0 Å². The Balaban J connectivity index is 2.16. The predicted molar refractivity (Wildman–Crippen MR) is 76.4 cm³/mol. The van der Waals surface area contributed by atoms with Gasteiger partial charge in [-0.25, -0.2) is 0 Å². The minimum atomic E-state index is 0.408. The lowest BCUT2D eigenvalue weighted by molar-refractivity contribution is -0.645. The molecule has 0 spiro atoms. The van der Waals surface area contributed by atoms with Crippen molar-refractivity contribution in [2.24, 2.45) is 0 Å². The summed E-state index contributed by atoms with van der Waals surface area (Å²) in [5.41, 5.74) is 0.820. The van der Waals surface area contributed by atoms with Crippen LogP contribution in [-0.4, -0.2) is 0 Å². The van der Waals surface area contributed by atoms with Gasteiger partial charge in [0.15, 0.2) is 6.20 Å². The zero-order valence-electron chi connectivity index (χ0n) is 9.07. The molecule has 94 valence electrons. The van der Waals surface area contributed by atoms with E-state index in [1.165, 1.54) is 18.0 Å². The molecule has 0 aliphatic rings. The summed E-state index contributed by atoms with van der Waals surface area (Å²) in [5.74, 6) is 0.530. The molecule has 2 nitrogen and oxygen atoms in total. The van der Waals surface area contributed by atoms with E-state index in [1.807, 2.05) is 0 Å². The topological polar surface area (TPSA) is 26.9 Å². The molecular formula is C12H8Cl3NOS. The van der Waals surface area contributed by atoms with Crippen LogP contribution in [0.3, 0.4) is 0 Å². The average molecular weight is 321 g/mol. The van der Waals surface area contributed by atoms with Gasteiger partial charge in [-0.05, 0) is 23.8 Å². The van der Waals surface area contributed by atoms with Crippen molar-refractivity contribution < 1.29 is 4.73 Å². The van der Waals surface area contributed by atoms with Gasteiger partial charge in [0.2, 0.25) is 0 Å². The minimum absolute atomic E-state index is 0.408. The molecule has 0 N–H and O–H groups in total. The molecule has 1 aromatic heterocycles. The number of benzene rings is 1. The Kier molecular flexibility index (Phi) is 4.62. The molecule has 2 rings (SSSR count). The van der Waals surface area contributed by atoms with Crippen LogP contribution < -0.4 is 4.73 Å². The van der Waals surface area contributed by atoms with Crippen LogP contribution in [0.25, 0.3) is 0 Å². The second-order valence-corrected chi connectivity index (χ2v) is 5.75.